The highest BCUT2D eigenvalue weighted by Gasteiger charge is 2.18. The number of rotatable bonds is 5. The Morgan fingerprint density at radius 2 is 2.27 bits per heavy atom. The Hall–Kier alpha value is -1.47. The number of halogens is 1. The highest BCUT2D eigenvalue weighted by Crippen LogP contribution is 2.16. The van der Waals surface area contributed by atoms with Crippen molar-refractivity contribution in [3.63, 3.8) is 0 Å². The summed E-state index contributed by atoms with van der Waals surface area (Å²) in [6.07, 6.45) is 3.14. The average Bonchev–Trinajstić information content (AvgIpc) is 2.93. The van der Waals surface area contributed by atoms with Crippen LogP contribution in [0.15, 0.2) is 28.0 Å². The van der Waals surface area contributed by atoms with Crippen molar-refractivity contribution in [1.29, 1.82) is 0 Å². The average molecular weight is 373 g/mol. The summed E-state index contributed by atoms with van der Waals surface area (Å²) >= 11 is 3.33. The summed E-state index contributed by atoms with van der Waals surface area (Å²) in [7, 11) is 1.55. The van der Waals surface area contributed by atoms with Gasteiger partial charge in [0.2, 0.25) is 0 Å². The van der Waals surface area contributed by atoms with Gasteiger partial charge in [-0.1, -0.05) is 5.16 Å². The molecule has 1 aromatic heterocycles. The third-order valence-electron chi connectivity index (χ3n) is 2.66. The molecule has 0 saturated carbocycles. The molecule has 0 N–H and O–H groups in total. The van der Waals surface area contributed by atoms with Gasteiger partial charge >= 0.3 is 5.97 Å². The number of ether oxygens (including phenoxy) is 2. The van der Waals surface area contributed by atoms with Crippen LogP contribution in [0.25, 0.3) is 0 Å². The maximum Gasteiger partial charge on any atom is 0.308 e. The first kappa shape index (κ1) is 18.6. The third-order valence-corrected chi connectivity index (χ3v) is 3.13. The van der Waals surface area contributed by atoms with E-state index >= 15 is 0 Å². The molecule has 22 heavy (non-hydrogen) atoms. The summed E-state index contributed by atoms with van der Waals surface area (Å²) < 4.78 is 10.3. The number of pyridine rings is 1. The Kier molecular flexibility index (Phi) is 8.69. The van der Waals surface area contributed by atoms with Gasteiger partial charge in [-0.2, -0.15) is 0 Å². The fourth-order valence-corrected chi connectivity index (χ4v) is 1.85. The summed E-state index contributed by atoms with van der Waals surface area (Å²) in [5, 5.41) is 3.96. The van der Waals surface area contributed by atoms with Gasteiger partial charge < -0.3 is 14.3 Å². The lowest BCUT2D eigenvalue weighted by atomic mass is 10.1. The number of carbonyl (C=O) groups excluding carboxylic acids is 1. The molecule has 0 bridgehead atoms. The number of oxime groups is 1. The quantitative estimate of drug-likeness (QED) is 0.743. The van der Waals surface area contributed by atoms with Crippen LogP contribution in [0.1, 0.15) is 32.4 Å². The van der Waals surface area contributed by atoms with Crippen LogP contribution in [0.5, 0.6) is 0 Å². The molecule has 0 aromatic carbocycles. The minimum atomic E-state index is -0.195. The molecule has 0 radical (unpaired) electrons. The number of aromatic nitrogens is 1. The molecule has 0 saturated heterocycles. The first-order chi connectivity index (χ1) is 10.6. The van der Waals surface area contributed by atoms with E-state index in [-0.39, 0.29) is 12.1 Å². The van der Waals surface area contributed by atoms with Crippen LogP contribution in [0.4, 0.5) is 0 Å². The number of hydrogen-bond donors (Lipinski definition) is 0. The molecule has 1 aromatic rings. The molecule has 0 fully saturated rings. The molecule has 0 amide bonds. The van der Waals surface area contributed by atoms with Gasteiger partial charge in [0.15, 0.2) is 0 Å². The second-order valence-corrected chi connectivity index (χ2v) is 5.48. The predicted molar refractivity (Wildman–Crippen MR) is 86.8 cm³/mol. The summed E-state index contributed by atoms with van der Waals surface area (Å²) in [6.45, 7) is 4.67. The van der Waals surface area contributed by atoms with Crippen LogP contribution in [-0.2, 0) is 19.1 Å². The third kappa shape index (κ3) is 7.00. The van der Waals surface area contributed by atoms with E-state index < -0.39 is 0 Å². The second-order valence-electron chi connectivity index (χ2n) is 4.57. The fraction of sp³-hybridized carbons (Fsp3) is 0.533. The number of carbonyl (C=O) groups is 1. The molecular weight excluding hydrogens is 352 g/mol. The molecule has 1 aliphatic heterocycles. The van der Waals surface area contributed by atoms with Crippen molar-refractivity contribution in [3.8, 4) is 0 Å². The molecule has 7 heteroatoms. The Morgan fingerprint density at radius 1 is 1.50 bits per heavy atom. The highest BCUT2D eigenvalue weighted by atomic mass is 79.9. The van der Waals surface area contributed by atoms with Crippen molar-refractivity contribution in [2.75, 3.05) is 20.3 Å². The minimum Gasteiger partial charge on any atom is -0.466 e. The Morgan fingerprint density at radius 3 is 2.77 bits per heavy atom. The van der Waals surface area contributed by atoms with Crippen LogP contribution >= 0.6 is 15.9 Å². The smallest absolute Gasteiger partial charge is 0.308 e. The fourth-order valence-electron chi connectivity index (χ4n) is 1.62. The number of esters is 1. The minimum absolute atomic E-state index is 0.181. The van der Waals surface area contributed by atoms with Gasteiger partial charge in [0.05, 0.1) is 25.3 Å². The van der Waals surface area contributed by atoms with Crippen molar-refractivity contribution in [2.24, 2.45) is 5.16 Å². The van der Waals surface area contributed by atoms with Crippen LogP contribution in [0, 0.1) is 0 Å². The summed E-state index contributed by atoms with van der Waals surface area (Å²) in [4.78, 5) is 19.8. The van der Waals surface area contributed by atoms with Crippen molar-refractivity contribution in [1.82, 2.24) is 4.98 Å². The zero-order valence-corrected chi connectivity index (χ0v) is 14.6. The van der Waals surface area contributed by atoms with Gasteiger partial charge in [0.1, 0.15) is 11.8 Å². The maximum absolute atomic E-state index is 10.5. The van der Waals surface area contributed by atoms with Gasteiger partial charge in [-0.05, 0) is 41.9 Å². The predicted octanol–water partition coefficient (Wildman–Crippen LogP) is 2.94. The molecule has 6 nitrogen and oxygen atoms in total. The van der Waals surface area contributed by atoms with E-state index in [0.29, 0.717) is 19.6 Å². The van der Waals surface area contributed by atoms with Gasteiger partial charge in [-0.25, -0.2) is 0 Å². The molecular formula is C15H21BrN2O4. The summed E-state index contributed by atoms with van der Waals surface area (Å²) in [6, 6.07) is 3.89. The van der Waals surface area contributed by atoms with Crippen LogP contribution < -0.4 is 0 Å². The highest BCUT2D eigenvalue weighted by molar-refractivity contribution is 9.10. The first-order valence-electron chi connectivity index (χ1n) is 7.06. The molecule has 1 unspecified atom stereocenters. The zero-order chi connectivity index (χ0) is 16.4. The standard InChI is InChI=1S/C9H9BrN2O.C6H12O3/c1-6-4-9(12-13-6)8-3-2-7(10)5-11-8;1-3-9-6(7)4-5-8-2/h2-3,5-6H,4H2,1H3;3-5H2,1-2H3. The van der Waals surface area contributed by atoms with Crippen molar-refractivity contribution in [3.05, 3.63) is 28.5 Å². The second kappa shape index (κ2) is 10.3. The van der Waals surface area contributed by atoms with Crippen molar-refractivity contribution in [2.45, 2.75) is 32.8 Å². The van der Waals surface area contributed by atoms with E-state index in [4.69, 9.17) is 4.84 Å². The largest absolute Gasteiger partial charge is 0.466 e. The van der Waals surface area contributed by atoms with E-state index in [9.17, 15) is 4.79 Å². The van der Waals surface area contributed by atoms with Crippen molar-refractivity contribution >= 4 is 27.6 Å². The number of methoxy groups -OCH3 is 1. The summed E-state index contributed by atoms with van der Waals surface area (Å²) in [5.74, 6) is -0.195. The van der Waals surface area contributed by atoms with Crippen LogP contribution in [0.2, 0.25) is 0 Å². The van der Waals surface area contributed by atoms with Gasteiger partial charge in [0.25, 0.3) is 0 Å². The normalized spacial score (nSPS) is 16.2. The van der Waals surface area contributed by atoms with E-state index in [2.05, 4.69) is 35.5 Å². The molecule has 2 heterocycles. The Bertz CT molecular complexity index is 491. The van der Waals surface area contributed by atoms with E-state index in [1.165, 1.54) is 0 Å². The van der Waals surface area contributed by atoms with Gasteiger partial charge in [-0.15, -0.1) is 0 Å². The van der Waals surface area contributed by atoms with Gasteiger partial charge in [0, 0.05) is 24.2 Å². The Labute approximate surface area is 139 Å². The molecule has 2 rings (SSSR count). The SMILES string of the molecule is CC1CC(c2ccc(Br)cn2)=NO1.CCOC(=O)CCOC. The summed E-state index contributed by atoms with van der Waals surface area (Å²) in [5.41, 5.74) is 1.83. The molecule has 0 spiro atoms. The molecule has 1 atom stereocenters. The topological polar surface area (TPSA) is 70.0 Å². The van der Waals surface area contributed by atoms with Crippen LogP contribution in [0.3, 0.4) is 0 Å². The van der Waals surface area contributed by atoms with E-state index in [1.54, 1.807) is 20.2 Å². The lowest BCUT2D eigenvalue weighted by Gasteiger charge is -1.98. The van der Waals surface area contributed by atoms with Crippen LogP contribution in [-0.4, -0.2) is 43.1 Å². The van der Waals surface area contributed by atoms with Crippen molar-refractivity contribution < 1.29 is 19.1 Å². The molecule has 0 aliphatic carbocycles. The number of hydrogen-bond acceptors (Lipinski definition) is 6. The monoisotopic (exact) mass is 372 g/mol. The van der Waals surface area contributed by atoms with E-state index in [1.807, 2.05) is 19.1 Å². The zero-order valence-electron chi connectivity index (χ0n) is 13.0. The molecule has 122 valence electrons. The molecule has 1 aliphatic rings. The lowest BCUT2D eigenvalue weighted by molar-refractivity contribution is -0.144. The van der Waals surface area contributed by atoms with Gasteiger partial charge in [-0.3, -0.25) is 9.78 Å². The number of nitrogens with zero attached hydrogens (tertiary/aromatic N) is 2. The first-order valence-corrected chi connectivity index (χ1v) is 7.85. The maximum atomic E-state index is 10.5. The lowest BCUT2D eigenvalue weighted by Crippen LogP contribution is -2.06. The Balaban J connectivity index is 0.000000239. The van der Waals surface area contributed by atoms with E-state index in [0.717, 1.165) is 22.3 Å².